The first kappa shape index (κ1) is 15.4. The Kier molecular flexibility index (Phi) is 5.32. The van der Waals surface area contributed by atoms with Gasteiger partial charge in [-0.05, 0) is 10.3 Å². The van der Waals surface area contributed by atoms with Gasteiger partial charge in [-0.2, -0.15) is 0 Å². The summed E-state index contributed by atoms with van der Waals surface area (Å²) in [6.07, 6.45) is 0. The summed E-state index contributed by atoms with van der Waals surface area (Å²) in [5.41, 5.74) is 11.0. The van der Waals surface area contributed by atoms with Crippen molar-refractivity contribution in [1.82, 2.24) is 25.2 Å². The van der Waals surface area contributed by atoms with E-state index in [9.17, 15) is 0 Å². The molecule has 0 aromatic carbocycles. The van der Waals surface area contributed by atoms with Crippen LogP contribution in [0.2, 0.25) is 0 Å². The van der Waals surface area contributed by atoms with E-state index in [2.05, 4.69) is 25.1 Å². The van der Waals surface area contributed by atoms with Gasteiger partial charge in [0.2, 0.25) is 11.8 Å². The fraction of sp³-hybridized carbons (Fsp3) is 0. The molecule has 6 N–H and O–H groups in total. The summed E-state index contributed by atoms with van der Waals surface area (Å²) >= 11 is 0. The van der Waals surface area contributed by atoms with Crippen molar-refractivity contribution in [2.75, 3.05) is 17.3 Å². The second kappa shape index (κ2) is 6.21. The van der Waals surface area contributed by atoms with Crippen LogP contribution in [-0.2, 0) is 17.1 Å². The van der Waals surface area contributed by atoms with Crippen LogP contribution < -0.4 is 17.3 Å². The predicted octanol–water partition coefficient (Wildman–Crippen LogP) is -2.04. The van der Waals surface area contributed by atoms with Crippen LogP contribution in [0.5, 0.6) is 0 Å². The largest absolute Gasteiger partial charge is 1.00 e. The maximum atomic E-state index is 8.25. The first-order chi connectivity index (χ1) is 7.93. The fourth-order valence-electron chi connectivity index (χ4n) is 0.816. The first-order valence-electron chi connectivity index (χ1n) is 3.79. The van der Waals surface area contributed by atoms with Gasteiger partial charge in [0.25, 0.3) is 0 Å². The third kappa shape index (κ3) is 3.46. The van der Waals surface area contributed by atoms with Crippen LogP contribution in [0.4, 0.5) is 11.8 Å². The minimum Gasteiger partial charge on any atom is -0.379 e. The van der Waals surface area contributed by atoms with Gasteiger partial charge < -0.3 is 32.6 Å². The molecule has 0 aliphatic carbocycles. The van der Waals surface area contributed by atoms with Crippen LogP contribution in [0.15, 0.2) is 4.63 Å². The summed E-state index contributed by atoms with van der Waals surface area (Å²) in [4.78, 5) is 8.25. The molecule has 14 heteroatoms. The smallest absolute Gasteiger partial charge is 0.379 e. The Morgan fingerprint density at radius 2 is 1.78 bits per heavy atom. The van der Waals surface area contributed by atoms with Gasteiger partial charge in [0.15, 0.2) is 11.5 Å². The van der Waals surface area contributed by atoms with Gasteiger partial charge in [-0.3, -0.25) is 0 Å². The molecule has 0 unspecified atom stereocenters. The van der Waals surface area contributed by atoms with Crippen LogP contribution in [-0.4, -0.2) is 30.3 Å². The van der Waals surface area contributed by atoms with Crippen molar-refractivity contribution in [3.05, 3.63) is 15.3 Å². The molecule has 0 radical (unpaired) electrons. The van der Waals surface area contributed by atoms with E-state index < -0.39 is 5.09 Å². The van der Waals surface area contributed by atoms with Gasteiger partial charge >= 0.3 is 17.1 Å². The fourth-order valence-corrected chi connectivity index (χ4v) is 0.816. The zero-order valence-corrected chi connectivity index (χ0v) is 9.29. The summed E-state index contributed by atoms with van der Waals surface area (Å²) in [6, 6.07) is 0. The third-order valence-corrected chi connectivity index (χ3v) is 1.45. The van der Waals surface area contributed by atoms with Gasteiger partial charge in [-0.1, -0.05) is 0 Å². The average molecular weight is 308 g/mol. The van der Waals surface area contributed by atoms with Crippen LogP contribution in [0.1, 0.15) is 0 Å². The molecule has 0 spiro atoms. The number of aromatic nitrogens is 5. The van der Waals surface area contributed by atoms with E-state index >= 15 is 0 Å². The van der Waals surface area contributed by atoms with Crippen molar-refractivity contribution in [2.24, 2.45) is 0 Å². The van der Waals surface area contributed by atoms with E-state index in [-0.39, 0.29) is 40.4 Å². The molecule has 0 saturated carbocycles. The molecule has 2 aromatic rings. The summed E-state index contributed by atoms with van der Waals surface area (Å²) in [5.74, 6) is 5.80. The van der Waals surface area contributed by atoms with E-state index in [1.807, 2.05) is 0 Å². The van der Waals surface area contributed by atoms with Gasteiger partial charge in [0.05, 0.1) is 5.09 Å². The monoisotopic (exact) mass is 307 g/mol. The van der Waals surface area contributed by atoms with Crippen LogP contribution in [0, 0.1) is 15.3 Å². The van der Waals surface area contributed by atoms with Gasteiger partial charge in [-0.25, -0.2) is 9.31 Å². The normalized spacial score (nSPS) is 8.89. The third-order valence-electron chi connectivity index (χ3n) is 1.45. The maximum Gasteiger partial charge on any atom is 1.00 e. The molecule has 0 amide bonds. The van der Waals surface area contributed by atoms with E-state index in [0.29, 0.717) is 0 Å². The summed E-state index contributed by atoms with van der Waals surface area (Å²) in [7, 11) is 0. The van der Waals surface area contributed by atoms with Crippen molar-refractivity contribution >= 4 is 11.8 Å². The number of hydrogen-bond acceptors (Lipinski definition) is 11. The van der Waals surface area contributed by atoms with E-state index in [4.69, 9.17) is 32.6 Å². The molecule has 0 aliphatic heterocycles. The van der Waals surface area contributed by atoms with Crippen molar-refractivity contribution in [1.29, 1.82) is 0 Å². The number of rotatable bonds is 1. The van der Waals surface area contributed by atoms with Crippen LogP contribution in [0.25, 0.3) is 11.5 Å². The van der Waals surface area contributed by atoms with E-state index in [1.165, 1.54) is 0 Å². The Morgan fingerprint density at radius 1 is 1.22 bits per heavy atom. The molecule has 2 heterocycles. The Balaban J connectivity index is 0.000000512. The van der Waals surface area contributed by atoms with Gasteiger partial charge in [0.1, 0.15) is 0 Å². The number of hydrogen-bond donors (Lipinski definition) is 3. The molecule has 2 rings (SSSR count). The Morgan fingerprint density at radius 3 is 2.11 bits per heavy atom. The van der Waals surface area contributed by atoms with Crippen LogP contribution in [0.3, 0.4) is 0 Å². The Hall–Kier alpha value is -2.60. The topological polar surface area (TPSA) is 214 Å². The quantitative estimate of drug-likeness (QED) is 0.226. The van der Waals surface area contributed by atoms with E-state index in [1.54, 1.807) is 0 Å². The first-order valence-corrected chi connectivity index (χ1v) is 3.79. The molecule has 13 nitrogen and oxygen atoms in total. The summed E-state index contributed by atoms with van der Waals surface area (Å²) in [6.45, 7) is 0. The second-order valence-corrected chi connectivity index (χ2v) is 2.47. The molecule has 0 atom stereocenters. The molecule has 0 saturated heterocycles. The van der Waals surface area contributed by atoms with Crippen molar-refractivity contribution in [3.8, 4) is 11.5 Å². The van der Waals surface area contributed by atoms with Gasteiger partial charge in [-0.15, -0.1) is 10.2 Å². The Bertz CT molecular complexity index is 518. The zero-order valence-electron chi connectivity index (χ0n) is 8.35. The van der Waals surface area contributed by atoms with E-state index in [0.717, 1.165) is 4.68 Å². The average Bonchev–Trinajstić information content (AvgIpc) is 2.75. The van der Waals surface area contributed by atoms with Crippen molar-refractivity contribution in [2.45, 2.75) is 0 Å². The number of nitrogen functional groups attached to an aromatic ring is 3. The number of nitrogens with two attached hydrogens (primary N) is 3. The second-order valence-electron chi connectivity index (χ2n) is 2.47. The summed E-state index contributed by atoms with van der Waals surface area (Å²) < 4.78 is 5.40. The molecule has 0 fully saturated rings. The van der Waals surface area contributed by atoms with Crippen molar-refractivity contribution < 1.29 is 26.8 Å². The van der Waals surface area contributed by atoms with Crippen LogP contribution >= 0.6 is 0 Å². The zero-order chi connectivity index (χ0) is 13.0. The molecule has 102 valence electrons. The SMILES string of the molecule is Nc1nonc1-c1nnc(N)n1N.O=[N+]([O-])[O-].[Cu+]. The molecule has 0 bridgehead atoms. The molecule has 18 heavy (non-hydrogen) atoms. The molecule has 0 aliphatic rings. The predicted molar refractivity (Wildman–Crippen MR) is 52.7 cm³/mol. The molecular formula is C4H6CuN9O4. The minimum atomic E-state index is -1.75. The minimum absolute atomic E-state index is 0. The Labute approximate surface area is 108 Å². The molecule has 2 aromatic heterocycles. The molecular weight excluding hydrogens is 302 g/mol. The number of anilines is 2. The maximum absolute atomic E-state index is 8.25. The summed E-state index contributed by atoms with van der Waals surface area (Å²) in [5, 5.41) is 28.8. The van der Waals surface area contributed by atoms with Crippen molar-refractivity contribution in [3.63, 3.8) is 0 Å². The standard InChI is InChI=1S/C4H6N8O.Cu.NO3/c5-2-1(10-13-11-2)3-8-9-4(6)12(3)7;;2-1(3)4/h7H2,(H2,5,11)(H2,6,9);;/q;+1;-1. The number of nitrogens with zero attached hydrogens (tertiary/aromatic N) is 6. The van der Waals surface area contributed by atoms with Gasteiger partial charge in [0, 0.05) is 0 Å².